The van der Waals surface area contributed by atoms with Crippen LogP contribution in [-0.2, 0) is 0 Å². The second kappa shape index (κ2) is 6.53. The highest BCUT2D eigenvalue weighted by Crippen LogP contribution is 2.20. The Morgan fingerprint density at radius 2 is 2.18 bits per heavy atom. The Bertz CT molecular complexity index is 331. The Labute approximate surface area is 112 Å². The lowest BCUT2D eigenvalue weighted by molar-refractivity contribution is 0.348. The molecule has 0 aromatic heterocycles. The lowest BCUT2D eigenvalue weighted by atomic mass is 10.0. The van der Waals surface area contributed by atoms with Crippen LogP contribution < -0.4 is 10.6 Å². The highest BCUT2D eigenvalue weighted by Gasteiger charge is 2.17. The molecule has 2 nitrogen and oxygen atoms in total. The van der Waals surface area contributed by atoms with Crippen molar-refractivity contribution in [1.82, 2.24) is 10.6 Å². The molecule has 1 heterocycles. The van der Waals surface area contributed by atoms with Gasteiger partial charge in [-0.1, -0.05) is 35.0 Å². The van der Waals surface area contributed by atoms with Gasteiger partial charge >= 0.3 is 0 Å². The minimum absolute atomic E-state index is 0.480. The Morgan fingerprint density at radius 3 is 2.76 bits per heavy atom. The first-order valence-electron chi connectivity index (χ1n) is 6.52. The first kappa shape index (κ1) is 13.1. The summed E-state index contributed by atoms with van der Waals surface area (Å²) in [5.41, 5.74) is 1.39. The number of hydrogen-bond donors (Lipinski definition) is 2. The van der Waals surface area contributed by atoms with Gasteiger partial charge in [-0.2, -0.15) is 0 Å². The van der Waals surface area contributed by atoms with Crippen molar-refractivity contribution >= 4 is 15.9 Å². The third-order valence-corrected chi connectivity index (χ3v) is 3.94. The Morgan fingerprint density at radius 1 is 1.41 bits per heavy atom. The summed E-state index contributed by atoms with van der Waals surface area (Å²) >= 11 is 3.48. The van der Waals surface area contributed by atoms with Crippen LogP contribution in [0.25, 0.3) is 0 Å². The molecule has 1 aromatic carbocycles. The quantitative estimate of drug-likeness (QED) is 0.891. The van der Waals surface area contributed by atoms with E-state index in [1.165, 1.54) is 24.9 Å². The summed E-state index contributed by atoms with van der Waals surface area (Å²) in [5, 5.41) is 7.22. The lowest BCUT2D eigenvalue weighted by Crippen LogP contribution is -2.44. The van der Waals surface area contributed by atoms with Gasteiger partial charge in [0, 0.05) is 23.1 Å². The van der Waals surface area contributed by atoms with E-state index in [0.29, 0.717) is 12.1 Å². The zero-order chi connectivity index (χ0) is 12.1. The van der Waals surface area contributed by atoms with Gasteiger partial charge in [-0.3, -0.25) is 0 Å². The van der Waals surface area contributed by atoms with Gasteiger partial charge in [0.25, 0.3) is 0 Å². The van der Waals surface area contributed by atoms with Crippen LogP contribution in [0.5, 0.6) is 0 Å². The molecule has 1 aliphatic heterocycles. The van der Waals surface area contributed by atoms with E-state index in [9.17, 15) is 0 Å². The molecular formula is C14H21BrN2. The molecule has 2 N–H and O–H groups in total. The fourth-order valence-corrected chi connectivity index (χ4v) is 2.69. The van der Waals surface area contributed by atoms with Crippen molar-refractivity contribution in [3.8, 4) is 0 Å². The van der Waals surface area contributed by atoms with Crippen molar-refractivity contribution < 1.29 is 0 Å². The molecule has 3 heteroatoms. The van der Waals surface area contributed by atoms with Gasteiger partial charge in [0.15, 0.2) is 0 Å². The third kappa shape index (κ3) is 3.80. The van der Waals surface area contributed by atoms with E-state index in [2.05, 4.69) is 57.8 Å². The molecular weight excluding hydrogens is 276 g/mol. The van der Waals surface area contributed by atoms with Crippen LogP contribution in [-0.4, -0.2) is 19.1 Å². The summed E-state index contributed by atoms with van der Waals surface area (Å²) in [6, 6.07) is 9.77. The molecule has 17 heavy (non-hydrogen) atoms. The van der Waals surface area contributed by atoms with Crippen LogP contribution in [0.15, 0.2) is 28.7 Å². The summed E-state index contributed by atoms with van der Waals surface area (Å²) < 4.78 is 1.15. The van der Waals surface area contributed by atoms with Crippen molar-refractivity contribution in [1.29, 1.82) is 0 Å². The number of halogens is 1. The maximum Gasteiger partial charge on any atom is 0.0320 e. The second-order valence-corrected chi connectivity index (χ2v) is 5.64. The first-order chi connectivity index (χ1) is 8.29. The molecule has 1 saturated heterocycles. The smallest absolute Gasteiger partial charge is 0.0320 e. The van der Waals surface area contributed by atoms with E-state index in [1.54, 1.807) is 0 Å². The molecule has 2 atom stereocenters. The Kier molecular flexibility index (Phi) is 5.01. The molecule has 0 saturated carbocycles. The van der Waals surface area contributed by atoms with Crippen molar-refractivity contribution in [2.75, 3.05) is 13.1 Å². The van der Waals surface area contributed by atoms with Crippen LogP contribution >= 0.6 is 15.9 Å². The minimum Gasteiger partial charge on any atom is -0.315 e. The van der Waals surface area contributed by atoms with Crippen LogP contribution in [0.1, 0.15) is 37.8 Å². The summed E-state index contributed by atoms with van der Waals surface area (Å²) in [5.74, 6) is 0. The van der Waals surface area contributed by atoms with Crippen LogP contribution in [0.2, 0.25) is 0 Å². The fourth-order valence-electron chi connectivity index (χ4n) is 2.42. The van der Waals surface area contributed by atoms with E-state index in [1.807, 2.05) is 0 Å². The number of benzene rings is 1. The molecule has 1 aliphatic rings. The fraction of sp³-hybridized carbons (Fsp3) is 0.571. The molecule has 2 rings (SSSR count). The van der Waals surface area contributed by atoms with Gasteiger partial charge in [-0.05, 0) is 43.5 Å². The van der Waals surface area contributed by atoms with Crippen LogP contribution in [0.4, 0.5) is 0 Å². The number of piperidine rings is 1. The summed E-state index contributed by atoms with van der Waals surface area (Å²) in [6.07, 6.45) is 3.71. The monoisotopic (exact) mass is 296 g/mol. The molecule has 0 amide bonds. The standard InChI is InChI=1S/C14H21BrN2/c1-2-14(11-5-7-12(15)8-6-11)17-13-4-3-9-16-10-13/h5-8,13-14,16-17H,2-4,9-10H2,1H3. The van der Waals surface area contributed by atoms with Crippen LogP contribution in [0, 0.1) is 0 Å². The molecule has 0 spiro atoms. The van der Waals surface area contributed by atoms with Gasteiger partial charge in [-0.25, -0.2) is 0 Å². The zero-order valence-electron chi connectivity index (χ0n) is 10.4. The lowest BCUT2D eigenvalue weighted by Gasteiger charge is -2.29. The van der Waals surface area contributed by atoms with Crippen molar-refractivity contribution in [3.05, 3.63) is 34.3 Å². The van der Waals surface area contributed by atoms with Gasteiger partial charge in [-0.15, -0.1) is 0 Å². The molecule has 2 unspecified atom stereocenters. The minimum atomic E-state index is 0.480. The van der Waals surface area contributed by atoms with Crippen molar-refractivity contribution in [3.63, 3.8) is 0 Å². The summed E-state index contributed by atoms with van der Waals surface area (Å²) in [6.45, 7) is 4.52. The predicted octanol–water partition coefficient (Wildman–Crippen LogP) is 3.24. The van der Waals surface area contributed by atoms with E-state index in [0.717, 1.165) is 17.4 Å². The topological polar surface area (TPSA) is 24.1 Å². The second-order valence-electron chi connectivity index (χ2n) is 4.72. The molecule has 1 fully saturated rings. The van der Waals surface area contributed by atoms with E-state index in [-0.39, 0.29) is 0 Å². The average Bonchev–Trinajstić information content (AvgIpc) is 2.38. The molecule has 0 bridgehead atoms. The first-order valence-corrected chi connectivity index (χ1v) is 7.31. The number of hydrogen-bond acceptors (Lipinski definition) is 2. The third-order valence-electron chi connectivity index (χ3n) is 3.41. The SMILES string of the molecule is CCC(NC1CCCNC1)c1ccc(Br)cc1. The van der Waals surface area contributed by atoms with Gasteiger partial charge < -0.3 is 10.6 Å². The molecule has 94 valence electrons. The zero-order valence-corrected chi connectivity index (χ0v) is 12.0. The van der Waals surface area contributed by atoms with Crippen molar-refractivity contribution in [2.24, 2.45) is 0 Å². The van der Waals surface area contributed by atoms with Crippen LogP contribution in [0.3, 0.4) is 0 Å². The van der Waals surface area contributed by atoms with E-state index >= 15 is 0 Å². The molecule has 0 aliphatic carbocycles. The normalized spacial score (nSPS) is 22.4. The Hall–Kier alpha value is -0.380. The predicted molar refractivity (Wildman–Crippen MR) is 76.2 cm³/mol. The Balaban J connectivity index is 1.97. The van der Waals surface area contributed by atoms with E-state index < -0.39 is 0 Å². The summed E-state index contributed by atoms with van der Waals surface area (Å²) in [4.78, 5) is 0. The molecule has 0 radical (unpaired) electrons. The maximum atomic E-state index is 3.76. The maximum absolute atomic E-state index is 3.76. The van der Waals surface area contributed by atoms with Gasteiger partial charge in [0.05, 0.1) is 0 Å². The highest BCUT2D eigenvalue weighted by molar-refractivity contribution is 9.10. The largest absolute Gasteiger partial charge is 0.315 e. The van der Waals surface area contributed by atoms with Crippen molar-refractivity contribution in [2.45, 2.75) is 38.3 Å². The number of nitrogens with one attached hydrogen (secondary N) is 2. The van der Waals surface area contributed by atoms with E-state index in [4.69, 9.17) is 0 Å². The average molecular weight is 297 g/mol. The van der Waals surface area contributed by atoms with Gasteiger partial charge in [0.2, 0.25) is 0 Å². The highest BCUT2D eigenvalue weighted by atomic mass is 79.9. The molecule has 1 aromatic rings. The number of rotatable bonds is 4. The summed E-state index contributed by atoms with van der Waals surface area (Å²) in [7, 11) is 0. The van der Waals surface area contributed by atoms with Gasteiger partial charge in [0.1, 0.15) is 0 Å².